The van der Waals surface area contributed by atoms with E-state index in [2.05, 4.69) is 38.2 Å². The van der Waals surface area contributed by atoms with Crippen LogP contribution in [0, 0.1) is 0 Å². The Bertz CT molecular complexity index is 1270. The van der Waals surface area contributed by atoms with Gasteiger partial charge in [-0.25, -0.2) is 0 Å². The second-order valence-corrected chi connectivity index (χ2v) is 19.7. The molecule has 1 rings (SSSR count). The van der Waals surface area contributed by atoms with Crippen LogP contribution in [0.1, 0.15) is 232 Å². The summed E-state index contributed by atoms with van der Waals surface area (Å²) in [6.45, 7) is 3.77. The standard InChI is InChI=1S/C51H94O12S/c1-3-5-7-9-11-13-15-17-19-20-21-22-23-24-26-28-30-32-34-36-38-40-47(53)62-44(42-61-51-50(56)49(55)48(54)45(63-51)43-64(57,58)59)41-60-46(52)39-37-35-33-31-29-27-25-18-16-14-12-10-8-6-4-2/h14,16-17,19,44-45,48-51,54-56H,3-13,15,18,20-43H2,1-2H3,(H,57,58,59)/b16-14+,19-17+/t44-,45-,48-,49?,50?,51+/m1/s1. The molecule has 0 spiro atoms. The maximum atomic E-state index is 12.9. The van der Waals surface area contributed by atoms with Crippen LogP contribution in [0.15, 0.2) is 24.3 Å². The maximum absolute atomic E-state index is 12.9. The van der Waals surface area contributed by atoms with Gasteiger partial charge in [-0.05, 0) is 64.2 Å². The zero-order valence-corrected chi connectivity index (χ0v) is 41.2. The molecule has 13 heteroatoms. The molecule has 6 atom stereocenters. The SMILES string of the molecule is CCCCCC/C=C/CCCCCCCCCC(=O)OC[C@H](CO[C@H]1O[C@H](CS(=O)(=O)O)[C@@H](O)C(O)C1O)OC(=O)CCCCCCCCCCCCC/C=C/CCCCCCCC. The van der Waals surface area contributed by atoms with Crippen molar-refractivity contribution >= 4 is 22.1 Å². The molecule has 0 aliphatic carbocycles. The van der Waals surface area contributed by atoms with E-state index in [1.807, 2.05) is 0 Å². The Morgan fingerprint density at radius 1 is 0.516 bits per heavy atom. The first kappa shape index (κ1) is 60.1. The Labute approximate surface area is 389 Å². The van der Waals surface area contributed by atoms with Gasteiger partial charge in [0, 0.05) is 12.8 Å². The minimum atomic E-state index is -4.60. The molecule has 2 unspecified atom stereocenters. The third-order valence-corrected chi connectivity index (χ3v) is 12.8. The molecule has 0 aromatic carbocycles. The van der Waals surface area contributed by atoms with Crippen LogP contribution in [-0.2, 0) is 38.7 Å². The van der Waals surface area contributed by atoms with Crippen LogP contribution >= 0.6 is 0 Å². The first-order valence-electron chi connectivity index (χ1n) is 25.9. The molecule has 1 heterocycles. The summed E-state index contributed by atoms with van der Waals surface area (Å²) in [6.07, 6.45) is 37.9. The summed E-state index contributed by atoms with van der Waals surface area (Å²) in [4.78, 5) is 25.5. The monoisotopic (exact) mass is 931 g/mol. The van der Waals surface area contributed by atoms with Gasteiger partial charge in [0.2, 0.25) is 0 Å². The van der Waals surface area contributed by atoms with Crippen LogP contribution < -0.4 is 0 Å². The van der Waals surface area contributed by atoms with Gasteiger partial charge < -0.3 is 34.3 Å². The van der Waals surface area contributed by atoms with Crippen LogP contribution in [0.4, 0.5) is 0 Å². The van der Waals surface area contributed by atoms with Crippen LogP contribution in [0.3, 0.4) is 0 Å². The van der Waals surface area contributed by atoms with E-state index in [0.717, 1.165) is 44.9 Å². The van der Waals surface area contributed by atoms with Crippen LogP contribution in [0.25, 0.3) is 0 Å². The van der Waals surface area contributed by atoms with Gasteiger partial charge in [0.05, 0.1) is 6.61 Å². The molecule has 1 aliphatic rings. The molecule has 0 aromatic rings. The smallest absolute Gasteiger partial charge is 0.306 e. The number of ether oxygens (including phenoxy) is 4. The van der Waals surface area contributed by atoms with Crippen LogP contribution in [0.5, 0.6) is 0 Å². The topological polar surface area (TPSA) is 186 Å². The van der Waals surface area contributed by atoms with Crippen molar-refractivity contribution in [1.29, 1.82) is 0 Å². The molecule has 376 valence electrons. The van der Waals surface area contributed by atoms with E-state index in [9.17, 15) is 37.9 Å². The van der Waals surface area contributed by atoms with E-state index in [0.29, 0.717) is 12.8 Å². The number of carbonyl (C=O) groups is 2. The second-order valence-electron chi connectivity index (χ2n) is 18.2. The van der Waals surface area contributed by atoms with E-state index in [1.165, 1.54) is 148 Å². The highest BCUT2D eigenvalue weighted by molar-refractivity contribution is 7.85. The lowest BCUT2D eigenvalue weighted by molar-refractivity contribution is -0.297. The van der Waals surface area contributed by atoms with Gasteiger partial charge in [-0.2, -0.15) is 8.42 Å². The van der Waals surface area contributed by atoms with Gasteiger partial charge in [-0.1, -0.05) is 179 Å². The summed E-state index contributed by atoms with van der Waals surface area (Å²) >= 11 is 0. The molecule has 12 nitrogen and oxygen atoms in total. The molecule has 64 heavy (non-hydrogen) atoms. The number of rotatable bonds is 44. The van der Waals surface area contributed by atoms with Crippen molar-refractivity contribution in [1.82, 2.24) is 0 Å². The largest absolute Gasteiger partial charge is 0.462 e. The molecule has 1 saturated heterocycles. The predicted octanol–water partition coefficient (Wildman–Crippen LogP) is 11.6. The number of aliphatic hydroxyl groups is 3. The van der Waals surface area contributed by atoms with Crippen molar-refractivity contribution in [3.8, 4) is 0 Å². The number of allylic oxidation sites excluding steroid dienone is 4. The fourth-order valence-corrected chi connectivity index (χ4v) is 8.65. The minimum absolute atomic E-state index is 0.165. The van der Waals surface area contributed by atoms with Gasteiger partial charge in [0.1, 0.15) is 36.8 Å². The fourth-order valence-electron chi connectivity index (χ4n) is 7.96. The van der Waals surface area contributed by atoms with Crippen molar-refractivity contribution in [2.24, 2.45) is 0 Å². The predicted molar refractivity (Wildman–Crippen MR) is 256 cm³/mol. The number of aliphatic hydroxyl groups excluding tert-OH is 3. The molecular formula is C51H94O12S. The average molecular weight is 931 g/mol. The average Bonchev–Trinajstić information content (AvgIpc) is 3.26. The lowest BCUT2D eigenvalue weighted by atomic mass is 10.00. The van der Waals surface area contributed by atoms with Crippen molar-refractivity contribution in [2.75, 3.05) is 19.0 Å². The summed E-state index contributed by atoms with van der Waals surface area (Å²) in [6, 6.07) is 0. The first-order chi connectivity index (χ1) is 31.0. The molecule has 1 aliphatic heterocycles. The van der Waals surface area contributed by atoms with Gasteiger partial charge in [0.15, 0.2) is 12.4 Å². The molecule has 0 bridgehead atoms. The lowest BCUT2D eigenvalue weighted by Crippen LogP contribution is -2.60. The Morgan fingerprint density at radius 3 is 1.31 bits per heavy atom. The summed E-state index contributed by atoms with van der Waals surface area (Å²) in [5, 5.41) is 31.0. The summed E-state index contributed by atoms with van der Waals surface area (Å²) in [5.74, 6) is -1.98. The van der Waals surface area contributed by atoms with Crippen LogP contribution in [0.2, 0.25) is 0 Å². The molecule has 0 saturated carbocycles. The summed E-state index contributed by atoms with van der Waals surface area (Å²) in [5.41, 5.74) is 0. The Hall–Kier alpha value is -1.87. The molecule has 4 N–H and O–H groups in total. The molecule has 0 aromatic heterocycles. The second kappa shape index (κ2) is 41.3. The summed E-state index contributed by atoms with van der Waals surface area (Å²) < 4.78 is 54.2. The highest BCUT2D eigenvalue weighted by Gasteiger charge is 2.46. The third kappa shape index (κ3) is 35.3. The summed E-state index contributed by atoms with van der Waals surface area (Å²) in [7, 11) is -4.60. The van der Waals surface area contributed by atoms with Crippen molar-refractivity contribution < 1.29 is 56.8 Å². The zero-order valence-electron chi connectivity index (χ0n) is 40.4. The van der Waals surface area contributed by atoms with Gasteiger partial charge in [-0.15, -0.1) is 0 Å². The Balaban J connectivity index is 2.36. The first-order valence-corrected chi connectivity index (χ1v) is 27.5. The molecule has 0 radical (unpaired) electrons. The van der Waals surface area contributed by atoms with Crippen LogP contribution in [-0.4, -0.2) is 96.0 Å². The van der Waals surface area contributed by atoms with Gasteiger partial charge >= 0.3 is 11.9 Å². The maximum Gasteiger partial charge on any atom is 0.306 e. The number of hydrogen-bond acceptors (Lipinski definition) is 11. The third-order valence-electron chi connectivity index (χ3n) is 12.0. The quantitative estimate of drug-likeness (QED) is 0.0196. The minimum Gasteiger partial charge on any atom is -0.462 e. The van der Waals surface area contributed by atoms with E-state index >= 15 is 0 Å². The molecule has 0 amide bonds. The van der Waals surface area contributed by atoms with Crippen molar-refractivity contribution in [3.63, 3.8) is 0 Å². The highest BCUT2D eigenvalue weighted by atomic mass is 32.2. The lowest BCUT2D eigenvalue weighted by Gasteiger charge is -2.40. The van der Waals surface area contributed by atoms with Gasteiger partial charge in [-0.3, -0.25) is 14.1 Å². The normalized spacial score (nSPS) is 19.8. The van der Waals surface area contributed by atoms with Crippen molar-refractivity contribution in [3.05, 3.63) is 24.3 Å². The Kier molecular flexibility index (Phi) is 38.8. The Morgan fingerprint density at radius 2 is 0.891 bits per heavy atom. The van der Waals surface area contributed by atoms with E-state index in [-0.39, 0.29) is 19.4 Å². The molecule has 1 fully saturated rings. The number of carbonyl (C=O) groups excluding carboxylic acids is 2. The van der Waals surface area contributed by atoms with E-state index in [4.69, 9.17) is 18.9 Å². The fraction of sp³-hybridized carbons (Fsp3) is 0.882. The highest BCUT2D eigenvalue weighted by Crippen LogP contribution is 2.24. The zero-order chi connectivity index (χ0) is 46.9. The van der Waals surface area contributed by atoms with E-state index < -0.39 is 71.2 Å². The molecular weight excluding hydrogens is 837 g/mol. The number of hydrogen-bond donors (Lipinski definition) is 4. The van der Waals surface area contributed by atoms with E-state index in [1.54, 1.807) is 0 Å². The van der Waals surface area contributed by atoms with Crippen molar-refractivity contribution in [2.45, 2.75) is 269 Å². The van der Waals surface area contributed by atoms with Gasteiger partial charge in [0.25, 0.3) is 10.1 Å². The number of unbranched alkanes of at least 4 members (excludes halogenated alkanes) is 28. The number of esters is 2.